The van der Waals surface area contributed by atoms with Crippen LogP contribution in [-0.4, -0.2) is 20.7 Å². The Balaban J connectivity index is 1.60. The molecule has 6 aromatic rings. The molecule has 2 heterocycles. The van der Waals surface area contributed by atoms with Gasteiger partial charge in [-0.3, -0.25) is 4.98 Å². The number of furan rings is 1. The number of pyridine rings is 1. The Bertz CT molecular complexity index is 1970. The molecule has 2 aromatic heterocycles. The molecule has 188 valence electrons. The van der Waals surface area contributed by atoms with Crippen molar-refractivity contribution >= 4 is 48.7 Å². The van der Waals surface area contributed by atoms with E-state index >= 15 is 4.39 Å². The fraction of sp³-hybridized carbons (Fsp3) is 0.118. The smallest absolute Gasteiger partial charge is 0.145 e. The van der Waals surface area contributed by atoms with E-state index in [-0.39, 0.29) is 11.1 Å². The molecule has 6 heteroatoms. The number of nitriles is 1. The first-order valence-electron chi connectivity index (χ1n) is 13.0. The van der Waals surface area contributed by atoms with Gasteiger partial charge >= 0.3 is 0 Å². The molecule has 0 fully saturated rings. The van der Waals surface area contributed by atoms with Crippen LogP contribution in [0.15, 0.2) is 89.3 Å². The predicted molar refractivity (Wildman–Crippen MR) is 162 cm³/mol. The van der Waals surface area contributed by atoms with Gasteiger partial charge in [-0.2, -0.15) is 5.26 Å². The lowest BCUT2D eigenvalue weighted by molar-refractivity contribution is 0.528. The standard InChI is InChI=1S/C34H23B2FN2O/c1-34(2,3)27-28(35)30(39-33(36)29(27)37)25-11-7-10-24-26-22(18-38)16-17-23(32(26)40-31(24)25)21-14-12-20(13-15-21)19-8-5-4-6-9-19/h4-17H,1-3H3. The van der Waals surface area contributed by atoms with E-state index in [1.54, 1.807) is 0 Å². The van der Waals surface area contributed by atoms with Gasteiger partial charge in [0, 0.05) is 27.5 Å². The number of halogens is 1. The molecule has 0 saturated carbocycles. The number of nitrogens with zero attached hydrogens (tertiary/aromatic N) is 2. The summed E-state index contributed by atoms with van der Waals surface area (Å²) < 4.78 is 21.6. The first kappa shape index (κ1) is 25.6. The Morgan fingerprint density at radius 2 is 1.45 bits per heavy atom. The molecule has 0 aliphatic carbocycles. The van der Waals surface area contributed by atoms with Crippen LogP contribution in [0, 0.1) is 17.1 Å². The molecule has 6 rings (SSSR count). The van der Waals surface area contributed by atoms with E-state index in [0.29, 0.717) is 38.9 Å². The summed E-state index contributed by atoms with van der Waals surface area (Å²) in [5.74, 6) is -0.612. The summed E-state index contributed by atoms with van der Waals surface area (Å²) in [4.78, 5) is 4.35. The lowest BCUT2D eigenvalue weighted by Gasteiger charge is -2.25. The summed E-state index contributed by atoms with van der Waals surface area (Å²) in [6.45, 7) is 5.63. The van der Waals surface area contributed by atoms with Gasteiger partial charge in [0.05, 0.1) is 17.3 Å². The minimum Gasteiger partial charge on any atom is -0.455 e. The number of benzene rings is 4. The fourth-order valence-electron chi connectivity index (χ4n) is 5.41. The number of para-hydroxylation sites is 1. The molecule has 3 nitrogen and oxygen atoms in total. The quantitative estimate of drug-likeness (QED) is 0.241. The first-order chi connectivity index (χ1) is 19.2. The summed E-state index contributed by atoms with van der Waals surface area (Å²) in [7, 11) is 12.6. The van der Waals surface area contributed by atoms with Crippen molar-refractivity contribution in [3.05, 3.63) is 102 Å². The van der Waals surface area contributed by atoms with Gasteiger partial charge in [0.15, 0.2) is 0 Å². The second-order valence-corrected chi connectivity index (χ2v) is 10.9. The third-order valence-corrected chi connectivity index (χ3v) is 7.28. The van der Waals surface area contributed by atoms with E-state index < -0.39 is 11.2 Å². The number of hydrogen-bond acceptors (Lipinski definition) is 3. The molecule has 0 saturated heterocycles. The summed E-state index contributed by atoms with van der Waals surface area (Å²) in [5, 5.41) is 11.4. The van der Waals surface area contributed by atoms with Gasteiger partial charge in [-0.05, 0) is 45.9 Å². The molecular formula is C34H23B2FN2O. The highest BCUT2D eigenvalue weighted by molar-refractivity contribution is 6.39. The second kappa shape index (κ2) is 9.54. The maximum Gasteiger partial charge on any atom is 0.145 e. The van der Waals surface area contributed by atoms with E-state index in [2.05, 4.69) is 35.3 Å². The van der Waals surface area contributed by atoms with Gasteiger partial charge in [-0.1, -0.05) is 93.0 Å². The molecule has 4 radical (unpaired) electrons. The van der Waals surface area contributed by atoms with E-state index in [9.17, 15) is 5.26 Å². The predicted octanol–water partition coefficient (Wildman–Crippen LogP) is 6.88. The van der Waals surface area contributed by atoms with Crippen LogP contribution in [-0.2, 0) is 5.41 Å². The van der Waals surface area contributed by atoms with Crippen LogP contribution in [0.5, 0.6) is 0 Å². The van der Waals surface area contributed by atoms with Gasteiger partial charge in [-0.25, -0.2) is 4.39 Å². The van der Waals surface area contributed by atoms with Crippen LogP contribution in [0.3, 0.4) is 0 Å². The number of fused-ring (bicyclic) bond motifs is 3. The van der Waals surface area contributed by atoms with Gasteiger partial charge in [-0.15, -0.1) is 0 Å². The maximum absolute atomic E-state index is 15.1. The zero-order chi connectivity index (χ0) is 28.2. The van der Waals surface area contributed by atoms with Crippen molar-refractivity contribution < 1.29 is 8.81 Å². The average molecular weight is 516 g/mol. The Morgan fingerprint density at radius 3 is 2.12 bits per heavy atom. The SMILES string of the molecule is [B]c1nc(-c2cccc3c2oc2c(-c4ccc(-c5ccccc5)cc4)ccc(C#N)c23)c([B])c(C(C)(C)C)c1F. The largest absolute Gasteiger partial charge is 0.455 e. The van der Waals surface area contributed by atoms with Crippen LogP contribution in [0.25, 0.3) is 55.4 Å². The van der Waals surface area contributed by atoms with Gasteiger partial charge < -0.3 is 4.42 Å². The molecule has 4 aromatic carbocycles. The first-order valence-corrected chi connectivity index (χ1v) is 13.0. The van der Waals surface area contributed by atoms with Crippen molar-refractivity contribution in [2.24, 2.45) is 0 Å². The third-order valence-electron chi connectivity index (χ3n) is 7.28. The van der Waals surface area contributed by atoms with Gasteiger partial charge in [0.25, 0.3) is 0 Å². The van der Waals surface area contributed by atoms with E-state index in [1.165, 1.54) is 0 Å². The summed E-state index contributed by atoms with van der Waals surface area (Å²) >= 11 is 0. The number of aromatic nitrogens is 1. The molecule has 0 atom stereocenters. The highest BCUT2D eigenvalue weighted by atomic mass is 19.1. The molecule has 0 aliphatic heterocycles. The monoisotopic (exact) mass is 516 g/mol. The molecule has 0 N–H and O–H groups in total. The third kappa shape index (κ3) is 4.10. The normalized spacial score (nSPS) is 11.7. The Hall–Kier alpha value is -4.62. The zero-order valence-corrected chi connectivity index (χ0v) is 22.4. The number of rotatable bonds is 3. The summed E-state index contributed by atoms with van der Waals surface area (Å²) in [6, 6.07) is 30.0. The zero-order valence-electron chi connectivity index (χ0n) is 22.4. The molecule has 0 spiro atoms. The lowest BCUT2D eigenvalue weighted by Crippen LogP contribution is -2.34. The minimum absolute atomic E-state index is 0.212. The van der Waals surface area contributed by atoms with Gasteiger partial charge in [0.1, 0.15) is 32.7 Å². The Kier molecular flexibility index (Phi) is 6.11. The molecule has 0 amide bonds. The number of hydrogen-bond donors (Lipinski definition) is 0. The van der Waals surface area contributed by atoms with Crippen LogP contribution in [0.1, 0.15) is 31.9 Å². The fourth-order valence-corrected chi connectivity index (χ4v) is 5.41. The summed E-state index contributed by atoms with van der Waals surface area (Å²) in [5.41, 5.74) is 6.24. The Labute approximate surface area is 235 Å². The second-order valence-electron chi connectivity index (χ2n) is 10.9. The van der Waals surface area contributed by atoms with Crippen LogP contribution in [0.2, 0.25) is 0 Å². The molecular weight excluding hydrogens is 493 g/mol. The van der Waals surface area contributed by atoms with E-state index in [0.717, 1.165) is 27.6 Å². The van der Waals surface area contributed by atoms with E-state index in [4.69, 9.17) is 20.1 Å². The molecule has 0 bridgehead atoms. The Morgan fingerprint density at radius 1 is 0.775 bits per heavy atom. The highest BCUT2D eigenvalue weighted by Gasteiger charge is 2.27. The van der Waals surface area contributed by atoms with Crippen LogP contribution < -0.4 is 11.1 Å². The lowest BCUT2D eigenvalue weighted by atomic mass is 9.74. The van der Waals surface area contributed by atoms with Crippen LogP contribution in [0.4, 0.5) is 4.39 Å². The topological polar surface area (TPSA) is 49.8 Å². The maximum atomic E-state index is 15.1. The van der Waals surface area contributed by atoms with Crippen molar-refractivity contribution in [3.8, 4) is 39.6 Å². The molecule has 0 unspecified atom stereocenters. The van der Waals surface area contributed by atoms with Crippen molar-refractivity contribution in [3.63, 3.8) is 0 Å². The minimum atomic E-state index is -0.612. The summed E-state index contributed by atoms with van der Waals surface area (Å²) in [6.07, 6.45) is 0. The van der Waals surface area contributed by atoms with Crippen molar-refractivity contribution in [1.82, 2.24) is 4.98 Å². The van der Waals surface area contributed by atoms with E-state index in [1.807, 2.05) is 81.4 Å². The average Bonchev–Trinajstić information content (AvgIpc) is 3.35. The van der Waals surface area contributed by atoms with Crippen molar-refractivity contribution in [1.29, 1.82) is 5.26 Å². The molecule has 40 heavy (non-hydrogen) atoms. The molecule has 0 aliphatic rings. The van der Waals surface area contributed by atoms with Gasteiger partial charge in [0.2, 0.25) is 0 Å². The van der Waals surface area contributed by atoms with Crippen LogP contribution >= 0.6 is 0 Å². The van der Waals surface area contributed by atoms with Crippen molar-refractivity contribution in [2.75, 3.05) is 0 Å². The van der Waals surface area contributed by atoms with Crippen molar-refractivity contribution in [2.45, 2.75) is 26.2 Å². The highest BCUT2D eigenvalue weighted by Crippen LogP contribution is 2.41.